The van der Waals surface area contributed by atoms with E-state index in [0.717, 1.165) is 51.2 Å². The highest BCUT2D eigenvalue weighted by atomic mass is 16.4. The van der Waals surface area contributed by atoms with E-state index in [1.54, 1.807) is 0 Å². The van der Waals surface area contributed by atoms with Crippen LogP contribution in [0.2, 0.25) is 0 Å². The van der Waals surface area contributed by atoms with Crippen molar-refractivity contribution in [3.8, 4) is 0 Å². The maximum atomic E-state index is 11.9. The van der Waals surface area contributed by atoms with Gasteiger partial charge in [0.15, 0.2) is 0 Å². The molecule has 2 aliphatic rings. The molecule has 2 fully saturated rings. The van der Waals surface area contributed by atoms with Crippen LogP contribution in [0.25, 0.3) is 0 Å². The number of hydrogen-bond donors (Lipinski definition) is 1. The Morgan fingerprint density at radius 2 is 1.62 bits per heavy atom. The van der Waals surface area contributed by atoms with Gasteiger partial charge >= 0.3 is 5.97 Å². The molecule has 0 radical (unpaired) electrons. The number of carboxylic acid groups (broad SMARTS) is 1. The zero-order valence-electron chi connectivity index (χ0n) is 14.2. The summed E-state index contributed by atoms with van der Waals surface area (Å²) in [6, 6.07) is 0. The molecular formula is C18H33NO2. The second kappa shape index (κ2) is 6.68. The number of carboxylic acids is 1. The first-order valence-electron chi connectivity index (χ1n) is 8.79. The van der Waals surface area contributed by atoms with Crippen molar-refractivity contribution in [1.29, 1.82) is 0 Å². The minimum Gasteiger partial charge on any atom is -0.481 e. The van der Waals surface area contributed by atoms with Crippen LogP contribution in [0.3, 0.4) is 0 Å². The third-order valence-electron chi connectivity index (χ3n) is 5.85. The van der Waals surface area contributed by atoms with Gasteiger partial charge < -0.3 is 10.0 Å². The summed E-state index contributed by atoms with van der Waals surface area (Å²) < 4.78 is 0. The van der Waals surface area contributed by atoms with Gasteiger partial charge in [-0.25, -0.2) is 0 Å². The molecule has 3 heteroatoms. The van der Waals surface area contributed by atoms with Gasteiger partial charge in [0.1, 0.15) is 0 Å². The Hall–Kier alpha value is -0.570. The molecule has 2 rings (SSSR count). The van der Waals surface area contributed by atoms with E-state index in [1.165, 1.54) is 25.7 Å². The molecule has 0 aromatic heterocycles. The second-order valence-electron chi connectivity index (χ2n) is 8.42. The molecule has 1 aliphatic carbocycles. The summed E-state index contributed by atoms with van der Waals surface area (Å²) >= 11 is 0. The molecule has 1 heterocycles. The van der Waals surface area contributed by atoms with E-state index >= 15 is 0 Å². The second-order valence-corrected chi connectivity index (χ2v) is 8.42. The number of aliphatic carboxylic acids is 1. The van der Waals surface area contributed by atoms with Crippen molar-refractivity contribution in [2.75, 3.05) is 19.6 Å². The van der Waals surface area contributed by atoms with Gasteiger partial charge in [-0.1, -0.05) is 46.5 Å². The Labute approximate surface area is 130 Å². The van der Waals surface area contributed by atoms with E-state index in [4.69, 9.17) is 0 Å². The van der Waals surface area contributed by atoms with Crippen LogP contribution in [0.15, 0.2) is 0 Å². The normalized spacial score (nSPS) is 25.5. The highest BCUT2D eigenvalue weighted by Crippen LogP contribution is 2.39. The molecule has 0 unspecified atom stereocenters. The number of rotatable bonds is 3. The number of carbonyl (C=O) groups is 1. The van der Waals surface area contributed by atoms with Crippen molar-refractivity contribution in [2.45, 2.75) is 72.1 Å². The largest absolute Gasteiger partial charge is 0.481 e. The fourth-order valence-electron chi connectivity index (χ4n) is 4.23. The summed E-state index contributed by atoms with van der Waals surface area (Å²) in [5, 5.41) is 9.80. The zero-order chi connectivity index (χ0) is 15.5. The van der Waals surface area contributed by atoms with Gasteiger partial charge in [0.05, 0.1) is 5.41 Å². The van der Waals surface area contributed by atoms with E-state index in [1.807, 2.05) is 0 Å². The lowest BCUT2D eigenvalue weighted by Gasteiger charge is -2.42. The van der Waals surface area contributed by atoms with Crippen LogP contribution in [0.5, 0.6) is 0 Å². The molecule has 3 nitrogen and oxygen atoms in total. The summed E-state index contributed by atoms with van der Waals surface area (Å²) in [4.78, 5) is 14.3. The lowest BCUT2D eigenvalue weighted by atomic mass is 9.74. The van der Waals surface area contributed by atoms with Gasteiger partial charge in [0, 0.05) is 6.54 Å². The summed E-state index contributed by atoms with van der Waals surface area (Å²) in [5.41, 5.74) is -0.0794. The van der Waals surface area contributed by atoms with Crippen LogP contribution in [-0.4, -0.2) is 35.6 Å². The SMILES string of the molecule is CC(C)(C)C1CCN(CC2(C(=O)O)CCCCCC2)CC1. The molecule has 0 amide bonds. The average molecular weight is 295 g/mol. The summed E-state index contributed by atoms with van der Waals surface area (Å²) in [5.74, 6) is 0.228. The Morgan fingerprint density at radius 3 is 2.05 bits per heavy atom. The van der Waals surface area contributed by atoms with Gasteiger partial charge in [0.2, 0.25) is 0 Å². The van der Waals surface area contributed by atoms with Gasteiger partial charge in [-0.05, 0) is 50.1 Å². The highest BCUT2D eigenvalue weighted by molar-refractivity contribution is 5.75. The molecule has 122 valence electrons. The Balaban J connectivity index is 1.95. The van der Waals surface area contributed by atoms with Crippen molar-refractivity contribution in [1.82, 2.24) is 4.90 Å². The predicted octanol–water partition coefficient (Wildman–Crippen LogP) is 4.17. The van der Waals surface area contributed by atoms with Crippen LogP contribution < -0.4 is 0 Å². The van der Waals surface area contributed by atoms with Crippen LogP contribution in [0.1, 0.15) is 72.1 Å². The van der Waals surface area contributed by atoms with E-state index in [-0.39, 0.29) is 0 Å². The van der Waals surface area contributed by atoms with Crippen LogP contribution in [0.4, 0.5) is 0 Å². The van der Waals surface area contributed by atoms with E-state index in [2.05, 4.69) is 25.7 Å². The number of piperidine rings is 1. The van der Waals surface area contributed by atoms with Gasteiger partial charge in [-0.15, -0.1) is 0 Å². The molecule has 0 atom stereocenters. The lowest BCUT2D eigenvalue weighted by Crippen LogP contribution is -2.47. The van der Waals surface area contributed by atoms with Crippen LogP contribution >= 0.6 is 0 Å². The summed E-state index contributed by atoms with van der Waals surface area (Å²) in [6.07, 6.45) is 8.79. The number of hydrogen-bond acceptors (Lipinski definition) is 2. The molecule has 0 bridgehead atoms. The van der Waals surface area contributed by atoms with Crippen molar-refractivity contribution >= 4 is 5.97 Å². The van der Waals surface area contributed by atoms with Gasteiger partial charge in [-0.2, -0.15) is 0 Å². The van der Waals surface area contributed by atoms with Gasteiger partial charge in [-0.3, -0.25) is 4.79 Å². The first kappa shape index (κ1) is 16.8. The van der Waals surface area contributed by atoms with Crippen LogP contribution in [-0.2, 0) is 4.79 Å². The zero-order valence-corrected chi connectivity index (χ0v) is 14.2. The van der Waals surface area contributed by atoms with Crippen LogP contribution in [0, 0.1) is 16.7 Å². The molecule has 1 aliphatic heterocycles. The third-order valence-corrected chi connectivity index (χ3v) is 5.85. The quantitative estimate of drug-likeness (QED) is 0.794. The maximum absolute atomic E-state index is 11.9. The molecule has 21 heavy (non-hydrogen) atoms. The molecule has 0 aromatic carbocycles. The summed E-state index contributed by atoms with van der Waals surface area (Å²) in [7, 11) is 0. The summed E-state index contributed by atoms with van der Waals surface area (Å²) in [6.45, 7) is 9.93. The third kappa shape index (κ3) is 4.21. The first-order valence-corrected chi connectivity index (χ1v) is 8.79. The smallest absolute Gasteiger partial charge is 0.310 e. The van der Waals surface area contributed by atoms with Gasteiger partial charge in [0.25, 0.3) is 0 Å². The van der Waals surface area contributed by atoms with Crippen molar-refractivity contribution in [3.05, 3.63) is 0 Å². The molecule has 1 saturated heterocycles. The minimum absolute atomic E-state index is 0.388. The predicted molar refractivity (Wildman–Crippen MR) is 86.4 cm³/mol. The maximum Gasteiger partial charge on any atom is 0.310 e. The van der Waals surface area contributed by atoms with E-state index in [9.17, 15) is 9.90 Å². The minimum atomic E-state index is -0.553. The van der Waals surface area contributed by atoms with E-state index in [0.29, 0.717) is 5.41 Å². The molecule has 1 saturated carbocycles. The fourth-order valence-corrected chi connectivity index (χ4v) is 4.23. The molecule has 0 aromatic rings. The Bertz CT molecular complexity index is 343. The molecule has 1 N–H and O–H groups in total. The number of nitrogens with zero attached hydrogens (tertiary/aromatic N) is 1. The van der Waals surface area contributed by atoms with E-state index < -0.39 is 11.4 Å². The topological polar surface area (TPSA) is 40.5 Å². The standard InChI is InChI=1S/C18H33NO2/c1-17(2,3)15-8-12-19(13-9-15)14-18(16(20)21)10-6-4-5-7-11-18/h15H,4-14H2,1-3H3,(H,20,21). The van der Waals surface area contributed by atoms with Crippen molar-refractivity contribution in [3.63, 3.8) is 0 Å². The lowest BCUT2D eigenvalue weighted by molar-refractivity contribution is -0.151. The molecule has 0 spiro atoms. The average Bonchev–Trinajstić information content (AvgIpc) is 2.65. The van der Waals surface area contributed by atoms with Crippen molar-refractivity contribution in [2.24, 2.45) is 16.7 Å². The Kier molecular flexibility index (Phi) is 5.34. The highest BCUT2D eigenvalue weighted by Gasteiger charge is 2.41. The Morgan fingerprint density at radius 1 is 1.10 bits per heavy atom. The van der Waals surface area contributed by atoms with Crippen molar-refractivity contribution < 1.29 is 9.90 Å². The monoisotopic (exact) mass is 295 g/mol. The molecular weight excluding hydrogens is 262 g/mol. The fraction of sp³-hybridized carbons (Fsp3) is 0.944. The first-order chi connectivity index (χ1) is 9.83. The number of likely N-dealkylation sites (tertiary alicyclic amines) is 1.